The van der Waals surface area contributed by atoms with E-state index >= 15 is 0 Å². The van der Waals surface area contributed by atoms with Crippen LogP contribution in [-0.2, 0) is 4.74 Å². The lowest BCUT2D eigenvalue weighted by Gasteiger charge is -2.05. The van der Waals surface area contributed by atoms with E-state index in [0.29, 0.717) is 17.1 Å². The van der Waals surface area contributed by atoms with Gasteiger partial charge in [-0.1, -0.05) is 0 Å². The monoisotopic (exact) mass is 327 g/mol. The minimum Gasteiger partial charge on any atom is -0.454 e. The van der Waals surface area contributed by atoms with Crippen molar-refractivity contribution in [1.29, 1.82) is 0 Å². The molecule has 2 aromatic rings. The Morgan fingerprint density at radius 2 is 1.54 bits per heavy atom. The summed E-state index contributed by atoms with van der Waals surface area (Å²) in [5.41, 5.74) is 5.98. The average molecular weight is 327 g/mol. The van der Waals surface area contributed by atoms with Gasteiger partial charge in [-0.05, 0) is 42.5 Å². The van der Waals surface area contributed by atoms with Gasteiger partial charge in [0.1, 0.15) is 0 Å². The van der Waals surface area contributed by atoms with E-state index in [9.17, 15) is 14.4 Å². The summed E-state index contributed by atoms with van der Waals surface area (Å²) in [6.45, 7) is -0.292. The van der Waals surface area contributed by atoms with Crippen LogP contribution in [0, 0.1) is 0 Å². The Hall–Kier alpha value is -3.35. The number of ether oxygens (including phenoxy) is 3. The van der Waals surface area contributed by atoms with Crippen molar-refractivity contribution in [2.24, 2.45) is 5.73 Å². The lowest BCUT2D eigenvalue weighted by Crippen LogP contribution is -2.15. The van der Waals surface area contributed by atoms with Crippen molar-refractivity contribution in [3.05, 3.63) is 59.2 Å². The number of Topliss-reactive ketones (excluding diaryl/α,β-unsaturated/α-hetero) is 1. The third-order valence-corrected chi connectivity index (χ3v) is 3.43. The molecule has 7 nitrogen and oxygen atoms in total. The van der Waals surface area contributed by atoms with Crippen molar-refractivity contribution < 1.29 is 28.6 Å². The molecular weight excluding hydrogens is 314 g/mol. The summed E-state index contributed by atoms with van der Waals surface area (Å²) in [6.07, 6.45) is 0. The van der Waals surface area contributed by atoms with E-state index in [1.807, 2.05) is 0 Å². The molecule has 0 atom stereocenters. The molecule has 0 spiro atoms. The summed E-state index contributed by atoms with van der Waals surface area (Å²) >= 11 is 0. The van der Waals surface area contributed by atoms with Gasteiger partial charge in [-0.3, -0.25) is 9.59 Å². The lowest BCUT2D eigenvalue weighted by atomic mass is 10.1. The number of hydrogen-bond donors (Lipinski definition) is 1. The fourth-order valence-electron chi connectivity index (χ4n) is 2.14. The summed E-state index contributed by atoms with van der Waals surface area (Å²) < 4.78 is 15.3. The third-order valence-electron chi connectivity index (χ3n) is 3.43. The predicted octanol–water partition coefficient (Wildman–Crippen LogP) is 1.55. The maximum absolute atomic E-state index is 12.1. The van der Waals surface area contributed by atoms with Gasteiger partial charge in [0.05, 0.1) is 5.56 Å². The van der Waals surface area contributed by atoms with Crippen LogP contribution in [0.25, 0.3) is 0 Å². The van der Waals surface area contributed by atoms with Crippen molar-refractivity contribution in [3.8, 4) is 11.5 Å². The average Bonchev–Trinajstić information content (AvgIpc) is 3.07. The van der Waals surface area contributed by atoms with Gasteiger partial charge in [-0.15, -0.1) is 0 Å². The van der Waals surface area contributed by atoms with Crippen LogP contribution in [0.1, 0.15) is 31.1 Å². The fraction of sp³-hybridized carbons (Fsp3) is 0.118. The number of nitrogens with two attached hydrogens (primary N) is 1. The maximum Gasteiger partial charge on any atom is 0.338 e. The number of fused-ring (bicyclic) bond motifs is 1. The van der Waals surface area contributed by atoms with Crippen LogP contribution in [0.15, 0.2) is 42.5 Å². The lowest BCUT2D eigenvalue weighted by molar-refractivity contribution is 0.0474. The Balaban J connectivity index is 1.61. The van der Waals surface area contributed by atoms with Crippen LogP contribution < -0.4 is 15.2 Å². The van der Waals surface area contributed by atoms with Gasteiger partial charge in [-0.2, -0.15) is 0 Å². The van der Waals surface area contributed by atoms with E-state index in [1.165, 1.54) is 24.3 Å². The molecule has 2 aromatic carbocycles. The van der Waals surface area contributed by atoms with Gasteiger partial charge in [0.15, 0.2) is 23.9 Å². The second-order valence-corrected chi connectivity index (χ2v) is 5.01. The quantitative estimate of drug-likeness (QED) is 0.660. The van der Waals surface area contributed by atoms with E-state index in [2.05, 4.69) is 0 Å². The highest BCUT2D eigenvalue weighted by Crippen LogP contribution is 2.32. The van der Waals surface area contributed by atoms with Crippen LogP contribution in [-0.4, -0.2) is 31.1 Å². The largest absolute Gasteiger partial charge is 0.454 e. The molecule has 0 aliphatic carbocycles. The zero-order chi connectivity index (χ0) is 17.1. The van der Waals surface area contributed by atoms with Crippen LogP contribution in [0.5, 0.6) is 11.5 Å². The van der Waals surface area contributed by atoms with Gasteiger partial charge in [0.2, 0.25) is 12.7 Å². The first kappa shape index (κ1) is 15.5. The van der Waals surface area contributed by atoms with Gasteiger partial charge in [0, 0.05) is 11.1 Å². The fourth-order valence-corrected chi connectivity index (χ4v) is 2.14. The Morgan fingerprint density at radius 1 is 0.917 bits per heavy atom. The predicted molar refractivity (Wildman–Crippen MR) is 82.1 cm³/mol. The minimum absolute atomic E-state index is 0.114. The standard InChI is InChI=1S/C17H13NO6/c18-16(20)10-1-3-11(4-2-10)17(21)22-8-13(19)12-5-6-14-15(7-12)24-9-23-14/h1-7H,8-9H2,(H2,18,20). The van der Waals surface area contributed by atoms with Crippen molar-refractivity contribution in [2.45, 2.75) is 0 Å². The molecule has 0 aromatic heterocycles. The van der Waals surface area contributed by atoms with E-state index < -0.39 is 18.5 Å². The zero-order valence-electron chi connectivity index (χ0n) is 12.5. The molecule has 2 N–H and O–H groups in total. The molecule has 0 bridgehead atoms. The molecule has 0 saturated carbocycles. The normalized spacial score (nSPS) is 11.8. The molecule has 0 saturated heterocycles. The topological polar surface area (TPSA) is 105 Å². The van der Waals surface area contributed by atoms with Crippen molar-refractivity contribution in [2.75, 3.05) is 13.4 Å². The number of rotatable bonds is 5. The minimum atomic E-state index is -0.667. The van der Waals surface area contributed by atoms with Crippen molar-refractivity contribution >= 4 is 17.7 Å². The summed E-state index contributed by atoms with van der Waals surface area (Å²) in [4.78, 5) is 35.0. The number of benzene rings is 2. The Morgan fingerprint density at radius 3 is 2.25 bits per heavy atom. The molecule has 1 amide bonds. The number of carbonyl (C=O) groups excluding carboxylic acids is 3. The van der Waals surface area contributed by atoms with Gasteiger partial charge < -0.3 is 19.9 Å². The molecule has 3 rings (SSSR count). The highest BCUT2D eigenvalue weighted by molar-refractivity contribution is 6.00. The highest BCUT2D eigenvalue weighted by Gasteiger charge is 2.17. The highest BCUT2D eigenvalue weighted by atomic mass is 16.7. The molecule has 0 radical (unpaired) electrons. The summed E-state index contributed by atoms with van der Waals surface area (Å²) in [6, 6.07) is 10.4. The Labute approximate surface area is 136 Å². The summed E-state index contributed by atoms with van der Waals surface area (Å²) in [5.74, 6) is -0.573. The Kier molecular flexibility index (Phi) is 4.15. The van der Waals surface area contributed by atoms with E-state index in [0.717, 1.165) is 0 Å². The molecule has 24 heavy (non-hydrogen) atoms. The SMILES string of the molecule is NC(=O)c1ccc(C(=O)OCC(=O)c2ccc3c(c2)OCO3)cc1. The molecule has 0 unspecified atom stereocenters. The molecule has 0 fully saturated rings. The molecule has 1 aliphatic rings. The first-order valence-corrected chi connectivity index (χ1v) is 7.04. The molecule has 122 valence electrons. The molecule has 1 heterocycles. The molecular formula is C17H13NO6. The molecule has 7 heteroatoms. The van der Waals surface area contributed by atoms with Crippen molar-refractivity contribution in [1.82, 2.24) is 0 Å². The number of ketones is 1. The van der Waals surface area contributed by atoms with Crippen LogP contribution >= 0.6 is 0 Å². The zero-order valence-corrected chi connectivity index (χ0v) is 12.5. The smallest absolute Gasteiger partial charge is 0.338 e. The van der Waals surface area contributed by atoms with Crippen molar-refractivity contribution in [3.63, 3.8) is 0 Å². The number of amides is 1. The van der Waals surface area contributed by atoms with E-state index in [1.54, 1.807) is 18.2 Å². The summed E-state index contributed by atoms with van der Waals surface area (Å²) in [5, 5.41) is 0. The Bertz CT molecular complexity index is 812. The third kappa shape index (κ3) is 3.19. The number of carbonyl (C=O) groups is 3. The van der Waals surface area contributed by atoms with E-state index in [4.69, 9.17) is 19.9 Å². The number of esters is 1. The van der Waals surface area contributed by atoms with Crippen LogP contribution in [0.2, 0.25) is 0 Å². The van der Waals surface area contributed by atoms with Crippen LogP contribution in [0.3, 0.4) is 0 Å². The molecule has 1 aliphatic heterocycles. The first-order chi connectivity index (χ1) is 11.5. The van der Waals surface area contributed by atoms with Gasteiger partial charge in [-0.25, -0.2) is 4.79 Å². The first-order valence-electron chi connectivity index (χ1n) is 7.04. The second-order valence-electron chi connectivity index (χ2n) is 5.01. The van der Waals surface area contributed by atoms with Crippen LogP contribution in [0.4, 0.5) is 0 Å². The second kappa shape index (κ2) is 6.41. The number of primary amides is 1. The summed E-state index contributed by atoms with van der Waals surface area (Å²) in [7, 11) is 0. The van der Waals surface area contributed by atoms with Gasteiger partial charge in [0.25, 0.3) is 0 Å². The maximum atomic E-state index is 12.1. The number of hydrogen-bond acceptors (Lipinski definition) is 6. The van der Waals surface area contributed by atoms with Gasteiger partial charge >= 0.3 is 5.97 Å². The van der Waals surface area contributed by atoms with E-state index in [-0.39, 0.29) is 23.7 Å².